The van der Waals surface area contributed by atoms with Gasteiger partial charge in [0.15, 0.2) is 5.96 Å². The van der Waals surface area contributed by atoms with E-state index < -0.39 is 0 Å². The van der Waals surface area contributed by atoms with Gasteiger partial charge in [0.2, 0.25) is 5.91 Å². The molecular weight excluding hydrogens is 304 g/mol. The SMILES string of the molecule is CN(C)C(=O)CN=C(NCC1CCCCC1)NC1CC2CCC1O2. The highest BCUT2D eigenvalue weighted by Crippen LogP contribution is 2.34. The average Bonchev–Trinajstić information content (AvgIpc) is 3.20. The molecule has 1 aliphatic carbocycles. The summed E-state index contributed by atoms with van der Waals surface area (Å²) in [5, 5.41) is 7.01. The Labute approximate surface area is 145 Å². The minimum atomic E-state index is 0.0259. The van der Waals surface area contributed by atoms with Crippen LogP contribution in [0.4, 0.5) is 0 Å². The number of nitrogens with one attached hydrogen (secondary N) is 2. The van der Waals surface area contributed by atoms with Crippen LogP contribution in [0.3, 0.4) is 0 Å². The molecule has 3 unspecified atom stereocenters. The molecule has 0 radical (unpaired) electrons. The third-order valence-corrected chi connectivity index (χ3v) is 5.58. The summed E-state index contributed by atoms with van der Waals surface area (Å²) in [6.45, 7) is 1.14. The minimum Gasteiger partial charge on any atom is -0.373 e. The second-order valence-electron chi connectivity index (χ2n) is 7.70. The van der Waals surface area contributed by atoms with E-state index in [2.05, 4.69) is 15.6 Å². The highest BCUT2D eigenvalue weighted by atomic mass is 16.5. The van der Waals surface area contributed by atoms with E-state index in [1.54, 1.807) is 19.0 Å². The molecule has 3 fully saturated rings. The molecule has 0 aromatic carbocycles. The molecular formula is C18H32N4O2. The maximum Gasteiger partial charge on any atom is 0.243 e. The number of nitrogens with zero attached hydrogens (tertiary/aromatic N) is 2. The van der Waals surface area contributed by atoms with Crippen LogP contribution in [0.2, 0.25) is 0 Å². The maximum absolute atomic E-state index is 11.9. The van der Waals surface area contributed by atoms with Crippen LogP contribution in [0.5, 0.6) is 0 Å². The van der Waals surface area contributed by atoms with Crippen molar-refractivity contribution in [2.24, 2.45) is 10.9 Å². The number of rotatable bonds is 5. The van der Waals surface area contributed by atoms with Gasteiger partial charge in [0.25, 0.3) is 0 Å². The van der Waals surface area contributed by atoms with Crippen LogP contribution in [-0.2, 0) is 9.53 Å². The van der Waals surface area contributed by atoms with Gasteiger partial charge in [-0.1, -0.05) is 19.3 Å². The van der Waals surface area contributed by atoms with Crippen LogP contribution in [-0.4, -0.2) is 62.2 Å². The van der Waals surface area contributed by atoms with E-state index in [9.17, 15) is 4.79 Å². The molecule has 1 saturated carbocycles. The van der Waals surface area contributed by atoms with E-state index >= 15 is 0 Å². The van der Waals surface area contributed by atoms with Crippen molar-refractivity contribution in [1.29, 1.82) is 0 Å². The molecule has 1 amide bonds. The summed E-state index contributed by atoms with van der Waals surface area (Å²) in [6.07, 6.45) is 10.7. The molecule has 3 atom stereocenters. The number of aliphatic imine (C=N–C) groups is 1. The first-order valence-electron chi connectivity index (χ1n) is 9.52. The number of carbonyl (C=O) groups excluding carboxylic acids is 1. The number of ether oxygens (including phenoxy) is 1. The van der Waals surface area contributed by atoms with Gasteiger partial charge in [0.1, 0.15) is 6.54 Å². The van der Waals surface area contributed by atoms with E-state index in [4.69, 9.17) is 4.74 Å². The van der Waals surface area contributed by atoms with Gasteiger partial charge in [-0.3, -0.25) is 4.79 Å². The van der Waals surface area contributed by atoms with Gasteiger partial charge in [-0.05, 0) is 38.0 Å². The molecule has 136 valence electrons. The monoisotopic (exact) mass is 336 g/mol. The Bertz CT molecular complexity index is 460. The lowest BCUT2D eigenvalue weighted by Gasteiger charge is -2.26. The second-order valence-corrected chi connectivity index (χ2v) is 7.70. The van der Waals surface area contributed by atoms with Crippen molar-refractivity contribution >= 4 is 11.9 Å². The molecule has 0 spiro atoms. The van der Waals surface area contributed by atoms with E-state index in [1.165, 1.54) is 38.5 Å². The van der Waals surface area contributed by atoms with Gasteiger partial charge in [0.05, 0.1) is 18.2 Å². The molecule has 2 saturated heterocycles. The van der Waals surface area contributed by atoms with Crippen molar-refractivity contribution < 1.29 is 9.53 Å². The molecule has 24 heavy (non-hydrogen) atoms. The average molecular weight is 336 g/mol. The van der Waals surface area contributed by atoms with Gasteiger partial charge in [-0.25, -0.2) is 4.99 Å². The zero-order valence-electron chi connectivity index (χ0n) is 15.1. The number of amides is 1. The first-order valence-corrected chi connectivity index (χ1v) is 9.52. The van der Waals surface area contributed by atoms with E-state index in [-0.39, 0.29) is 12.5 Å². The first-order chi connectivity index (χ1) is 11.6. The number of carbonyl (C=O) groups is 1. The quantitative estimate of drug-likeness (QED) is 0.590. The minimum absolute atomic E-state index is 0.0259. The van der Waals surface area contributed by atoms with Crippen molar-refractivity contribution in [3.05, 3.63) is 0 Å². The van der Waals surface area contributed by atoms with Gasteiger partial charge >= 0.3 is 0 Å². The Morgan fingerprint density at radius 1 is 1.17 bits per heavy atom. The lowest BCUT2D eigenvalue weighted by atomic mass is 9.89. The van der Waals surface area contributed by atoms with Crippen molar-refractivity contribution in [2.75, 3.05) is 27.2 Å². The van der Waals surface area contributed by atoms with Crippen LogP contribution >= 0.6 is 0 Å². The Morgan fingerprint density at radius 2 is 1.96 bits per heavy atom. The van der Waals surface area contributed by atoms with Crippen LogP contribution in [0.1, 0.15) is 51.4 Å². The van der Waals surface area contributed by atoms with Gasteiger partial charge in [-0.15, -0.1) is 0 Å². The largest absolute Gasteiger partial charge is 0.373 e. The van der Waals surface area contributed by atoms with Gasteiger partial charge < -0.3 is 20.3 Å². The summed E-state index contributed by atoms with van der Waals surface area (Å²) in [5.41, 5.74) is 0. The molecule has 0 aromatic rings. The maximum atomic E-state index is 11.9. The molecule has 2 bridgehead atoms. The summed E-state index contributed by atoms with van der Waals surface area (Å²) in [7, 11) is 3.54. The predicted octanol–water partition coefficient (Wildman–Crippen LogP) is 1.51. The Morgan fingerprint density at radius 3 is 2.58 bits per heavy atom. The number of fused-ring (bicyclic) bond motifs is 2. The van der Waals surface area contributed by atoms with Gasteiger partial charge in [0, 0.05) is 20.6 Å². The molecule has 2 heterocycles. The number of guanidine groups is 1. The summed E-state index contributed by atoms with van der Waals surface area (Å²) >= 11 is 0. The molecule has 2 aliphatic heterocycles. The lowest BCUT2D eigenvalue weighted by molar-refractivity contribution is -0.127. The number of hydrogen-bond acceptors (Lipinski definition) is 3. The predicted molar refractivity (Wildman–Crippen MR) is 95.0 cm³/mol. The van der Waals surface area contributed by atoms with Gasteiger partial charge in [-0.2, -0.15) is 0 Å². The molecule has 3 rings (SSSR count). The molecule has 0 aromatic heterocycles. The van der Waals surface area contributed by atoms with E-state index in [1.807, 2.05) is 0 Å². The summed E-state index contributed by atoms with van der Waals surface area (Å²) in [4.78, 5) is 18.0. The third-order valence-electron chi connectivity index (χ3n) is 5.58. The fourth-order valence-corrected chi connectivity index (χ4v) is 4.04. The smallest absolute Gasteiger partial charge is 0.243 e. The Balaban J connectivity index is 1.54. The van der Waals surface area contributed by atoms with Crippen LogP contribution in [0.15, 0.2) is 4.99 Å². The molecule has 6 heteroatoms. The van der Waals surface area contributed by atoms with Crippen molar-refractivity contribution in [2.45, 2.75) is 69.6 Å². The summed E-state index contributed by atoms with van der Waals surface area (Å²) in [5.74, 6) is 1.53. The fraction of sp³-hybridized carbons (Fsp3) is 0.889. The molecule has 6 nitrogen and oxygen atoms in total. The van der Waals surface area contributed by atoms with Crippen molar-refractivity contribution in [1.82, 2.24) is 15.5 Å². The number of hydrogen-bond donors (Lipinski definition) is 2. The normalized spacial score (nSPS) is 30.4. The topological polar surface area (TPSA) is 66.0 Å². The Hall–Kier alpha value is -1.30. The van der Waals surface area contributed by atoms with E-state index in [0.29, 0.717) is 18.2 Å². The second kappa shape index (κ2) is 8.19. The molecule has 2 N–H and O–H groups in total. The van der Waals surface area contributed by atoms with Crippen molar-refractivity contribution in [3.8, 4) is 0 Å². The van der Waals surface area contributed by atoms with Crippen LogP contribution in [0, 0.1) is 5.92 Å². The summed E-state index contributed by atoms with van der Waals surface area (Å²) < 4.78 is 5.92. The van der Waals surface area contributed by atoms with Crippen LogP contribution < -0.4 is 10.6 Å². The third kappa shape index (κ3) is 4.62. The zero-order chi connectivity index (χ0) is 16.9. The highest BCUT2D eigenvalue weighted by Gasteiger charge is 2.41. The molecule has 3 aliphatic rings. The zero-order valence-corrected chi connectivity index (χ0v) is 15.1. The van der Waals surface area contributed by atoms with Crippen molar-refractivity contribution in [3.63, 3.8) is 0 Å². The summed E-state index contributed by atoms with van der Waals surface area (Å²) in [6, 6.07) is 0.329. The standard InChI is InChI=1S/C18H32N4O2/c1-22(2)17(23)12-20-18(19-11-13-6-4-3-5-7-13)21-15-10-14-8-9-16(15)24-14/h13-16H,3-12H2,1-2H3,(H2,19,20,21). The van der Waals surface area contributed by atoms with E-state index in [0.717, 1.165) is 31.3 Å². The number of likely N-dealkylation sites (N-methyl/N-ethyl adjacent to an activating group) is 1. The fourth-order valence-electron chi connectivity index (χ4n) is 4.04. The Kier molecular flexibility index (Phi) is 5.98. The highest BCUT2D eigenvalue weighted by molar-refractivity contribution is 5.85. The first kappa shape index (κ1) is 17.5. The lowest BCUT2D eigenvalue weighted by Crippen LogP contribution is -2.49. The van der Waals surface area contributed by atoms with Crippen LogP contribution in [0.25, 0.3) is 0 Å².